The van der Waals surface area contributed by atoms with E-state index in [0.29, 0.717) is 5.56 Å². The number of carbonyl (C=O) groups excluding carboxylic acids is 2. The lowest BCUT2D eigenvalue weighted by Crippen LogP contribution is -2.43. The Morgan fingerprint density at radius 2 is 1.62 bits per heavy atom. The lowest BCUT2D eigenvalue weighted by Gasteiger charge is -2.10. The Morgan fingerprint density at radius 1 is 0.923 bits per heavy atom. The smallest absolute Gasteiger partial charge is 0.276 e. The molecule has 1 heterocycles. The van der Waals surface area contributed by atoms with Crippen LogP contribution in [-0.4, -0.2) is 23.0 Å². The first-order chi connectivity index (χ1) is 12.6. The van der Waals surface area contributed by atoms with Gasteiger partial charge in [-0.1, -0.05) is 12.1 Å². The van der Waals surface area contributed by atoms with Crippen molar-refractivity contribution in [2.75, 3.05) is 6.61 Å². The maximum Gasteiger partial charge on any atom is 0.276 e. The standard InChI is InChI=1S/C19H16FN3O3/c20-16-5-1-2-6-17(16)26-13-18(24)21-22-19(25)14-7-9-15(10-8-14)23-11-3-4-12-23/h1-12H,13H2,(H,21,24)(H,22,25). The number of para-hydroxylation sites is 1. The second kappa shape index (κ2) is 7.98. The number of hydrogen-bond acceptors (Lipinski definition) is 3. The molecule has 2 amide bonds. The van der Waals surface area contributed by atoms with Gasteiger partial charge in [0.05, 0.1) is 0 Å². The van der Waals surface area contributed by atoms with E-state index in [0.717, 1.165) is 5.69 Å². The van der Waals surface area contributed by atoms with Gasteiger partial charge in [-0.2, -0.15) is 0 Å². The monoisotopic (exact) mass is 353 g/mol. The van der Waals surface area contributed by atoms with Crippen LogP contribution in [0.25, 0.3) is 5.69 Å². The third-order valence-electron chi connectivity index (χ3n) is 3.54. The van der Waals surface area contributed by atoms with Crippen LogP contribution in [0, 0.1) is 5.82 Å². The number of aromatic nitrogens is 1. The average molecular weight is 353 g/mol. The summed E-state index contributed by atoms with van der Waals surface area (Å²) < 4.78 is 20.3. The number of nitrogens with zero attached hydrogens (tertiary/aromatic N) is 1. The molecule has 6 nitrogen and oxygen atoms in total. The van der Waals surface area contributed by atoms with Crippen molar-refractivity contribution in [3.05, 3.63) is 84.4 Å². The van der Waals surface area contributed by atoms with Crippen LogP contribution in [0.3, 0.4) is 0 Å². The van der Waals surface area contributed by atoms with E-state index in [9.17, 15) is 14.0 Å². The number of hydrogen-bond donors (Lipinski definition) is 2. The molecular weight excluding hydrogens is 337 g/mol. The maximum absolute atomic E-state index is 13.4. The molecule has 0 saturated heterocycles. The van der Waals surface area contributed by atoms with Crippen molar-refractivity contribution in [3.8, 4) is 11.4 Å². The van der Waals surface area contributed by atoms with Crippen molar-refractivity contribution in [2.45, 2.75) is 0 Å². The van der Waals surface area contributed by atoms with Crippen LogP contribution >= 0.6 is 0 Å². The Balaban J connectivity index is 1.49. The summed E-state index contributed by atoms with van der Waals surface area (Å²) in [7, 11) is 0. The molecule has 2 aromatic carbocycles. The van der Waals surface area contributed by atoms with Gasteiger partial charge in [-0.05, 0) is 48.5 Å². The second-order valence-corrected chi connectivity index (χ2v) is 5.36. The summed E-state index contributed by atoms with van der Waals surface area (Å²) in [5.41, 5.74) is 5.80. The van der Waals surface area contributed by atoms with E-state index in [2.05, 4.69) is 10.9 Å². The highest BCUT2D eigenvalue weighted by atomic mass is 19.1. The molecule has 0 unspecified atom stereocenters. The van der Waals surface area contributed by atoms with E-state index in [1.807, 2.05) is 29.1 Å². The maximum atomic E-state index is 13.4. The number of ether oxygens (including phenoxy) is 1. The minimum Gasteiger partial charge on any atom is -0.481 e. The summed E-state index contributed by atoms with van der Waals surface area (Å²) in [6.45, 7) is -0.423. The highest BCUT2D eigenvalue weighted by Crippen LogP contribution is 2.14. The molecule has 132 valence electrons. The van der Waals surface area contributed by atoms with Crippen molar-refractivity contribution >= 4 is 11.8 Å². The third-order valence-corrected chi connectivity index (χ3v) is 3.54. The minimum atomic E-state index is -0.606. The summed E-state index contributed by atoms with van der Waals surface area (Å²) in [4.78, 5) is 23.7. The van der Waals surface area contributed by atoms with Crippen molar-refractivity contribution in [1.82, 2.24) is 15.4 Å². The molecule has 26 heavy (non-hydrogen) atoms. The zero-order valence-electron chi connectivity index (χ0n) is 13.7. The van der Waals surface area contributed by atoms with E-state index in [1.54, 1.807) is 30.3 Å². The Morgan fingerprint density at radius 3 is 2.31 bits per heavy atom. The summed E-state index contributed by atoms with van der Waals surface area (Å²) >= 11 is 0. The van der Waals surface area contributed by atoms with Gasteiger partial charge >= 0.3 is 0 Å². The Labute approximate surface area is 149 Å². The number of nitrogens with one attached hydrogen (secondary N) is 2. The molecule has 0 aliphatic heterocycles. The van der Waals surface area contributed by atoms with Crippen LogP contribution in [0.4, 0.5) is 4.39 Å². The third kappa shape index (κ3) is 4.27. The molecule has 0 bridgehead atoms. The van der Waals surface area contributed by atoms with Gasteiger partial charge in [0.25, 0.3) is 11.8 Å². The van der Waals surface area contributed by atoms with Gasteiger partial charge in [0, 0.05) is 23.6 Å². The molecule has 0 radical (unpaired) electrons. The number of halogens is 1. The van der Waals surface area contributed by atoms with Gasteiger partial charge in [0.15, 0.2) is 18.2 Å². The number of hydrazine groups is 1. The fraction of sp³-hybridized carbons (Fsp3) is 0.0526. The van der Waals surface area contributed by atoms with E-state index >= 15 is 0 Å². The highest BCUT2D eigenvalue weighted by molar-refractivity contribution is 5.95. The van der Waals surface area contributed by atoms with Crippen molar-refractivity contribution in [2.24, 2.45) is 0 Å². The van der Waals surface area contributed by atoms with Crippen LogP contribution in [0.2, 0.25) is 0 Å². The largest absolute Gasteiger partial charge is 0.481 e. The summed E-state index contributed by atoms with van der Waals surface area (Å²) in [5, 5.41) is 0. The highest BCUT2D eigenvalue weighted by Gasteiger charge is 2.09. The van der Waals surface area contributed by atoms with Crippen LogP contribution in [-0.2, 0) is 4.79 Å². The first kappa shape index (κ1) is 17.2. The zero-order chi connectivity index (χ0) is 18.4. The topological polar surface area (TPSA) is 72.4 Å². The van der Waals surface area contributed by atoms with Gasteiger partial charge in [0.2, 0.25) is 0 Å². The fourth-order valence-electron chi connectivity index (χ4n) is 2.23. The van der Waals surface area contributed by atoms with Crippen LogP contribution in [0.1, 0.15) is 10.4 Å². The van der Waals surface area contributed by atoms with E-state index in [1.165, 1.54) is 18.2 Å². The van der Waals surface area contributed by atoms with E-state index < -0.39 is 24.2 Å². The lowest BCUT2D eigenvalue weighted by atomic mass is 10.2. The van der Waals surface area contributed by atoms with Gasteiger partial charge in [-0.15, -0.1) is 0 Å². The van der Waals surface area contributed by atoms with E-state index in [-0.39, 0.29) is 5.75 Å². The molecule has 3 aromatic rings. The molecule has 0 aliphatic rings. The van der Waals surface area contributed by atoms with Gasteiger partial charge in [0.1, 0.15) is 0 Å². The first-order valence-electron chi connectivity index (χ1n) is 7.83. The predicted octanol–water partition coefficient (Wildman–Crippen LogP) is 2.46. The summed E-state index contributed by atoms with van der Waals surface area (Å²) in [6, 6.07) is 16.4. The minimum absolute atomic E-state index is 0.0328. The molecule has 7 heteroatoms. The number of rotatable bonds is 5. The number of benzene rings is 2. The summed E-state index contributed by atoms with van der Waals surface area (Å²) in [5.74, 6) is -1.67. The molecule has 0 saturated carbocycles. The predicted molar refractivity (Wildman–Crippen MR) is 93.3 cm³/mol. The first-order valence-corrected chi connectivity index (χ1v) is 7.83. The normalized spacial score (nSPS) is 10.2. The zero-order valence-corrected chi connectivity index (χ0v) is 13.7. The van der Waals surface area contributed by atoms with Crippen molar-refractivity contribution < 1.29 is 18.7 Å². The molecule has 2 N–H and O–H groups in total. The molecule has 0 spiro atoms. The molecule has 0 atom stereocenters. The number of amides is 2. The molecule has 0 aliphatic carbocycles. The van der Waals surface area contributed by atoms with E-state index in [4.69, 9.17) is 4.74 Å². The molecule has 3 rings (SSSR count). The molecular formula is C19H16FN3O3. The fourth-order valence-corrected chi connectivity index (χ4v) is 2.23. The Hall–Kier alpha value is -3.61. The number of carbonyl (C=O) groups is 2. The van der Waals surface area contributed by atoms with Crippen molar-refractivity contribution in [1.29, 1.82) is 0 Å². The quantitative estimate of drug-likeness (QED) is 0.692. The van der Waals surface area contributed by atoms with Crippen LogP contribution in [0.5, 0.6) is 5.75 Å². The SMILES string of the molecule is O=C(COc1ccccc1F)NNC(=O)c1ccc(-n2cccc2)cc1. The van der Waals surface area contributed by atoms with Gasteiger partial charge in [-0.25, -0.2) is 4.39 Å². The second-order valence-electron chi connectivity index (χ2n) is 5.36. The Bertz CT molecular complexity index is 893. The molecule has 0 fully saturated rings. The molecule has 1 aromatic heterocycles. The van der Waals surface area contributed by atoms with Gasteiger partial charge < -0.3 is 9.30 Å². The Kier molecular flexibility index (Phi) is 5.28. The van der Waals surface area contributed by atoms with Crippen molar-refractivity contribution in [3.63, 3.8) is 0 Å². The summed E-state index contributed by atoms with van der Waals surface area (Å²) in [6.07, 6.45) is 3.79. The average Bonchev–Trinajstić information content (AvgIpc) is 3.20. The van der Waals surface area contributed by atoms with Crippen LogP contribution in [0.15, 0.2) is 73.1 Å². The van der Waals surface area contributed by atoms with Gasteiger partial charge in [-0.3, -0.25) is 20.4 Å². The van der Waals surface area contributed by atoms with Crippen LogP contribution < -0.4 is 15.6 Å². The lowest BCUT2D eigenvalue weighted by molar-refractivity contribution is -0.123.